The number of aryl methyl sites for hydroxylation is 1. The maximum atomic E-state index is 5.52. The van der Waals surface area contributed by atoms with Crippen LogP contribution in [-0.4, -0.2) is 21.3 Å². The molecule has 0 aromatic heterocycles. The molecule has 0 amide bonds. The van der Waals surface area contributed by atoms with Gasteiger partial charge in [0.1, 0.15) is 0 Å². The molecule has 0 aliphatic carbocycles. The molecule has 4 heteroatoms. The van der Waals surface area contributed by atoms with Crippen molar-refractivity contribution in [2.45, 2.75) is 12.8 Å². The van der Waals surface area contributed by atoms with Gasteiger partial charge in [-0.3, -0.25) is 0 Å². The Morgan fingerprint density at radius 3 is 2.26 bits per heavy atom. The standard InChI is InChI=1S/C19H21BrO3/c1-21-17-13-16(20)15(18(22-2)19(17)23-3)12-8-7-11-14-9-5-4-6-10-14/h4-6,8-10,12-13H,7,11H2,1-3H3. The van der Waals surface area contributed by atoms with E-state index in [9.17, 15) is 0 Å². The number of halogens is 1. The van der Waals surface area contributed by atoms with Gasteiger partial charge in [0.25, 0.3) is 0 Å². The summed E-state index contributed by atoms with van der Waals surface area (Å²) in [6.07, 6.45) is 6.15. The zero-order valence-electron chi connectivity index (χ0n) is 13.6. The maximum Gasteiger partial charge on any atom is 0.203 e. The summed E-state index contributed by atoms with van der Waals surface area (Å²) in [5.74, 6) is 1.90. The van der Waals surface area contributed by atoms with Gasteiger partial charge >= 0.3 is 0 Å². The second kappa shape index (κ2) is 8.63. The van der Waals surface area contributed by atoms with E-state index in [4.69, 9.17) is 14.2 Å². The van der Waals surface area contributed by atoms with Gasteiger partial charge in [0.2, 0.25) is 5.75 Å². The largest absolute Gasteiger partial charge is 0.493 e. The average molecular weight is 377 g/mol. The van der Waals surface area contributed by atoms with E-state index in [1.165, 1.54) is 5.56 Å². The van der Waals surface area contributed by atoms with Crippen LogP contribution < -0.4 is 14.2 Å². The zero-order valence-corrected chi connectivity index (χ0v) is 15.2. The van der Waals surface area contributed by atoms with Gasteiger partial charge in [-0.05, 0) is 40.4 Å². The van der Waals surface area contributed by atoms with Crippen molar-refractivity contribution in [2.75, 3.05) is 21.3 Å². The van der Waals surface area contributed by atoms with Gasteiger partial charge in [0.05, 0.1) is 21.3 Å². The van der Waals surface area contributed by atoms with Crippen LogP contribution in [0.3, 0.4) is 0 Å². The van der Waals surface area contributed by atoms with Crippen molar-refractivity contribution < 1.29 is 14.2 Å². The molecule has 122 valence electrons. The third kappa shape index (κ3) is 4.29. The summed E-state index contributed by atoms with van der Waals surface area (Å²) in [6.45, 7) is 0. The van der Waals surface area contributed by atoms with Crippen LogP contribution >= 0.6 is 15.9 Å². The number of methoxy groups -OCH3 is 3. The lowest BCUT2D eigenvalue weighted by molar-refractivity contribution is 0.323. The van der Waals surface area contributed by atoms with Crippen LogP contribution in [-0.2, 0) is 6.42 Å². The highest BCUT2D eigenvalue weighted by Crippen LogP contribution is 2.44. The average Bonchev–Trinajstić information content (AvgIpc) is 2.59. The summed E-state index contributed by atoms with van der Waals surface area (Å²) < 4.78 is 17.2. The summed E-state index contributed by atoms with van der Waals surface area (Å²) in [4.78, 5) is 0. The first-order valence-corrected chi connectivity index (χ1v) is 8.19. The van der Waals surface area contributed by atoms with Crippen LogP contribution in [0.25, 0.3) is 6.08 Å². The fourth-order valence-corrected chi connectivity index (χ4v) is 2.92. The van der Waals surface area contributed by atoms with E-state index in [1.807, 2.05) is 18.2 Å². The molecule has 0 bridgehead atoms. The zero-order chi connectivity index (χ0) is 16.7. The van der Waals surface area contributed by atoms with Crippen molar-refractivity contribution in [1.29, 1.82) is 0 Å². The van der Waals surface area contributed by atoms with Gasteiger partial charge in [-0.2, -0.15) is 0 Å². The van der Waals surface area contributed by atoms with Crippen LogP contribution in [0.1, 0.15) is 17.5 Å². The molecule has 0 heterocycles. The van der Waals surface area contributed by atoms with E-state index < -0.39 is 0 Å². The van der Waals surface area contributed by atoms with Crippen LogP contribution in [0.4, 0.5) is 0 Å². The molecule has 0 saturated carbocycles. The number of benzene rings is 2. The minimum atomic E-state index is 0.598. The fourth-order valence-electron chi connectivity index (χ4n) is 2.40. The third-order valence-corrected chi connectivity index (χ3v) is 4.20. The molecule has 0 aliphatic heterocycles. The Bertz CT molecular complexity index is 666. The Hall–Kier alpha value is -1.94. The number of hydrogen-bond donors (Lipinski definition) is 0. The SMILES string of the molecule is COc1cc(Br)c(C=CCCc2ccccc2)c(OC)c1OC. The first kappa shape index (κ1) is 17.4. The summed E-state index contributed by atoms with van der Waals surface area (Å²) in [7, 11) is 4.85. The second-order valence-electron chi connectivity index (χ2n) is 4.97. The predicted octanol–water partition coefficient (Wildman–Crippen LogP) is 5.12. The number of rotatable bonds is 7. The number of ether oxygens (including phenoxy) is 3. The van der Waals surface area contributed by atoms with Gasteiger partial charge in [-0.1, -0.05) is 42.5 Å². The Morgan fingerprint density at radius 1 is 0.957 bits per heavy atom. The summed E-state index contributed by atoms with van der Waals surface area (Å²) in [6, 6.07) is 12.3. The van der Waals surface area contributed by atoms with Crippen molar-refractivity contribution >= 4 is 22.0 Å². The molecule has 0 N–H and O–H groups in total. The van der Waals surface area contributed by atoms with Crippen LogP contribution in [0.5, 0.6) is 17.2 Å². The second-order valence-corrected chi connectivity index (χ2v) is 5.82. The smallest absolute Gasteiger partial charge is 0.203 e. The van der Waals surface area contributed by atoms with Crippen molar-refractivity contribution in [2.24, 2.45) is 0 Å². The van der Waals surface area contributed by atoms with Gasteiger partial charge in [0, 0.05) is 10.0 Å². The lowest BCUT2D eigenvalue weighted by atomic mass is 10.1. The van der Waals surface area contributed by atoms with Crippen LogP contribution in [0.2, 0.25) is 0 Å². The van der Waals surface area contributed by atoms with E-state index in [0.29, 0.717) is 17.2 Å². The van der Waals surface area contributed by atoms with E-state index in [2.05, 4.69) is 46.3 Å². The van der Waals surface area contributed by atoms with Crippen molar-refractivity contribution in [1.82, 2.24) is 0 Å². The molecular weight excluding hydrogens is 356 g/mol. The van der Waals surface area contributed by atoms with Crippen LogP contribution in [0.15, 0.2) is 46.9 Å². The molecule has 23 heavy (non-hydrogen) atoms. The summed E-state index contributed by atoms with van der Waals surface area (Å²) >= 11 is 3.57. The Kier molecular flexibility index (Phi) is 6.53. The molecule has 3 nitrogen and oxygen atoms in total. The highest BCUT2D eigenvalue weighted by molar-refractivity contribution is 9.10. The molecule has 2 aromatic rings. The van der Waals surface area contributed by atoms with Crippen LogP contribution in [0, 0.1) is 0 Å². The molecule has 0 fully saturated rings. The van der Waals surface area contributed by atoms with Gasteiger partial charge < -0.3 is 14.2 Å². The number of allylic oxidation sites excluding steroid dienone is 1. The van der Waals surface area contributed by atoms with E-state index in [0.717, 1.165) is 22.9 Å². The molecular formula is C19H21BrO3. The normalized spacial score (nSPS) is 10.8. The molecule has 0 spiro atoms. The van der Waals surface area contributed by atoms with Gasteiger partial charge in [-0.15, -0.1) is 0 Å². The van der Waals surface area contributed by atoms with E-state index in [-0.39, 0.29) is 0 Å². The Labute approximate surface area is 146 Å². The minimum Gasteiger partial charge on any atom is -0.493 e. The molecule has 2 aromatic carbocycles. The Balaban J connectivity index is 2.20. The monoisotopic (exact) mass is 376 g/mol. The summed E-state index contributed by atoms with van der Waals surface area (Å²) in [5, 5.41) is 0. The van der Waals surface area contributed by atoms with Gasteiger partial charge in [0.15, 0.2) is 11.5 Å². The Morgan fingerprint density at radius 2 is 1.65 bits per heavy atom. The molecule has 0 saturated heterocycles. The topological polar surface area (TPSA) is 27.7 Å². The maximum absolute atomic E-state index is 5.52. The molecule has 0 radical (unpaired) electrons. The lowest BCUT2D eigenvalue weighted by Crippen LogP contribution is -1.97. The highest BCUT2D eigenvalue weighted by atomic mass is 79.9. The lowest BCUT2D eigenvalue weighted by Gasteiger charge is -2.15. The van der Waals surface area contributed by atoms with Crippen molar-refractivity contribution in [3.05, 3.63) is 58.1 Å². The first-order valence-electron chi connectivity index (χ1n) is 7.40. The predicted molar refractivity (Wildman–Crippen MR) is 97.6 cm³/mol. The highest BCUT2D eigenvalue weighted by Gasteiger charge is 2.17. The fraction of sp³-hybridized carbons (Fsp3) is 0.263. The summed E-state index contributed by atoms with van der Waals surface area (Å²) in [5.41, 5.74) is 2.27. The van der Waals surface area contributed by atoms with E-state index in [1.54, 1.807) is 21.3 Å². The van der Waals surface area contributed by atoms with E-state index >= 15 is 0 Å². The first-order chi connectivity index (χ1) is 11.2. The van der Waals surface area contributed by atoms with Crippen molar-refractivity contribution in [3.63, 3.8) is 0 Å². The molecule has 2 rings (SSSR count). The number of hydrogen-bond acceptors (Lipinski definition) is 3. The minimum absolute atomic E-state index is 0.598. The third-order valence-electron chi connectivity index (χ3n) is 3.54. The van der Waals surface area contributed by atoms with Crippen molar-refractivity contribution in [3.8, 4) is 17.2 Å². The quantitative estimate of drug-likeness (QED) is 0.670. The van der Waals surface area contributed by atoms with Gasteiger partial charge in [-0.25, -0.2) is 0 Å². The molecule has 0 unspecified atom stereocenters. The molecule has 0 atom stereocenters. The molecule has 0 aliphatic rings.